The third kappa shape index (κ3) is 3.00. The van der Waals surface area contributed by atoms with E-state index in [1.807, 2.05) is 13.2 Å². The van der Waals surface area contributed by atoms with Crippen molar-refractivity contribution in [2.24, 2.45) is 0 Å². The number of ether oxygens (including phenoxy) is 1. The fraction of sp³-hybridized carbons (Fsp3) is 0.667. The van der Waals surface area contributed by atoms with Crippen molar-refractivity contribution in [3.8, 4) is 0 Å². The highest BCUT2D eigenvalue weighted by atomic mass is 16.5. The minimum absolute atomic E-state index is 0.247. The van der Waals surface area contributed by atoms with Crippen LogP contribution in [0.2, 0.25) is 0 Å². The van der Waals surface area contributed by atoms with Crippen LogP contribution in [0.3, 0.4) is 0 Å². The van der Waals surface area contributed by atoms with Crippen molar-refractivity contribution in [3.63, 3.8) is 0 Å². The standard InChI is InChI=1S/C12H19N3O/c1-13-11(12-9-14-5-6-15-12)8-10-4-2-3-7-16-10/h5-6,9-11,13H,2-4,7-8H2,1H3. The smallest absolute Gasteiger partial charge is 0.0756 e. The zero-order valence-corrected chi connectivity index (χ0v) is 9.72. The van der Waals surface area contributed by atoms with Crippen LogP contribution in [-0.4, -0.2) is 29.7 Å². The average Bonchev–Trinajstić information content (AvgIpc) is 2.38. The van der Waals surface area contributed by atoms with Crippen molar-refractivity contribution in [2.45, 2.75) is 37.8 Å². The topological polar surface area (TPSA) is 47.0 Å². The summed E-state index contributed by atoms with van der Waals surface area (Å²) >= 11 is 0. The van der Waals surface area contributed by atoms with Crippen LogP contribution in [0.4, 0.5) is 0 Å². The molecule has 0 aromatic carbocycles. The zero-order valence-electron chi connectivity index (χ0n) is 9.72. The molecule has 0 spiro atoms. The number of aromatic nitrogens is 2. The zero-order chi connectivity index (χ0) is 11.2. The first-order valence-corrected chi connectivity index (χ1v) is 5.95. The predicted molar refractivity (Wildman–Crippen MR) is 62.0 cm³/mol. The van der Waals surface area contributed by atoms with Crippen molar-refractivity contribution in [1.29, 1.82) is 0 Å². The number of nitrogens with zero attached hydrogens (tertiary/aromatic N) is 2. The molecule has 0 amide bonds. The molecule has 2 rings (SSSR count). The van der Waals surface area contributed by atoms with Gasteiger partial charge in [0.2, 0.25) is 0 Å². The van der Waals surface area contributed by atoms with Gasteiger partial charge in [-0.15, -0.1) is 0 Å². The summed E-state index contributed by atoms with van der Waals surface area (Å²) in [5.74, 6) is 0. The van der Waals surface area contributed by atoms with E-state index < -0.39 is 0 Å². The number of hydrogen-bond donors (Lipinski definition) is 1. The highest BCUT2D eigenvalue weighted by molar-refractivity contribution is 5.02. The fourth-order valence-electron chi connectivity index (χ4n) is 2.13. The lowest BCUT2D eigenvalue weighted by molar-refractivity contribution is 0.00521. The van der Waals surface area contributed by atoms with E-state index in [9.17, 15) is 0 Å². The monoisotopic (exact) mass is 221 g/mol. The molecule has 4 heteroatoms. The molecule has 2 unspecified atom stereocenters. The summed E-state index contributed by atoms with van der Waals surface area (Å²) in [7, 11) is 1.96. The minimum atomic E-state index is 0.247. The largest absolute Gasteiger partial charge is 0.378 e. The number of nitrogens with one attached hydrogen (secondary N) is 1. The lowest BCUT2D eigenvalue weighted by Gasteiger charge is -2.26. The second-order valence-electron chi connectivity index (χ2n) is 4.20. The van der Waals surface area contributed by atoms with Gasteiger partial charge in [-0.2, -0.15) is 0 Å². The predicted octanol–water partition coefficient (Wildman–Crippen LogP) is 1.70. The Morgan fingerprint density at radius 1 is 1.50 bits per heavy atom. The maximum atomic E-state index is 5.74. The van der Waals surface area contributed by atoms with E-state index in [-0.39, 0.29) is 6.04 Å². The summed E-state index contributed by atoms with van der Waals surface area (Å²) in [5, 5.41) is 3.28. The molecule has 0 radical (unpaired) electrons. The molecule has 0 aliphatic carbocycles. The maximum absolute atomic E-state index is 5.74. The summed E-state index contributed by atoms with van der Waals surface area (Å²) in [6.45, 7) is 0.904. The lowest BCUT2D eigenvalue weighted by atomic mass is 10.0. The van der Waals surface area contributed by atoms with Crippen molar-refractivity contribution >= 4 is 0 Å². The molecule has 16 heavy (non-hydrogen) atoms. The fourth-order valence-corrected chi connectivity index (χ4v) is 2.13. The Labute approximate surface area is 96.4 Å². The van der Waals surface area contributed by atoms with Crippen molar-refractivity contribution in [1.82, 2.24) is 15.3 Å². The summed E-state index contributed by atoms with van der Waals surface area (Å²) in [6.07, 6.45) is 10.3. The quantitative estimate of drug-likeness (QED) is 0.840. The molecule has 0 bridgehead atoms. The molecule has 1 aromatic rings. The molecule has 2 atom stereocenters. The number of rotatable bonds is 4. The van der Waals surface area contributed by atoms with E-state index in [1.165, 1.54) is 19.3 Å². The molecule has 88 valence electrons. The van der Waals surface area contributed by atoms with Crippen LogP contribution in [0.25, 0.3) is 0 Å². The van der Waals surface area contributed by atoms with Gasteiger partial charge in [-0.1, -0.05) is 0 Å². The first kappa shape index (κ1) is 11.5. The second-order valence-corrected chi connectivity index (χ2v) is 4.20. The van der Waals surface area contributed by atoms with Gasteiger partial charge in [0.1, 0.15) is 0 Å². The first-order chi connectivity index (χ1) is 7.90. The molecular weight excluding hydrogens is 202 g/mol. The van der Waals surface area contributed by atoms with Crippen LogP contribution < -0.4 is 5.32 Å². The van der Waals surface area contributed by atoms with E-state index >= 15 is 0 Å². The Morgan fingerprint density at radius 3 is 3.06 bits per heavy atom. The summed E-state index contributed by atoms with van der Waals surface area (Å²) in [5.41, 5.74) is 0.999. The van der Waals surface area contributed by atoms with E-state index in [0.717, 1.165) is 18.7 Å². The van der Waals surface area contributed by atoms with Gasteiger partial charge in [0.05, 0.1) is 17.8 Å². The Kier molecular flexibility index (Phi) is 4.25. The summed E-state index contributed by atoms with van der Waals surface area (Å²) in [6, 6.07) is 0.247. The van der Waals surface area contributed by atoms with E-state index in [4.69, 9.17) is 4.74 Å². The molecule has 1 saturated heterocycles. The minimum Gasteiger partial charge on any atom is -0.378 e. The van der Waals surface area contributed by atoms with Gasteiger partial charge in [-0.3, -0.25) is 9.97 Å². The molecule has 1 fully saturated rings. The van der Waals surface area contributed by atoms with Gasteiger partial charge >= 0.3 is 0 Å². The Balaban J connectivity index is 1.94. The molecule has 1 aliphatic rings. The Bertz CT molecular complexity index is 298. The lowest BCUT2D eigenvalue weighted by Crippen LogP contribution is -2.27. The van der Waals surface area contributed by atoms with Gasteiger partial charge in [-0.05, 0) is 32.7 Å². The van der Waals surface area contributed by atoms with Gasteiger partial charge < -0.3 is 10.1 Å². The van der Waals surface area contributed by atoms with E-state index in [2.05, 4.69) is 15.3 Å². The van der Waals surface area contributed by atoms with Gasteiger partial charge in [0, 0.05) is 25.2 Å². The second kappa shape index (κ2) is 5.92. The van der Waals surface area contributed by atoms with Crippen molar-refractivity contribution in [2.75, 3.05) is 13.7 Å². The SMILES string of the molecule is CNC(CC1CCCCO1)c1cnccn1. The molecule has 1 aromatic heterocycles. The summed E-state index contributed by atoms with van der Waals surface area (Å²) < 4.78 is 5.74. The van der Waals surface area contributed by atoms with Crippen molar-refractivity contribution < 1.29 is 4.74 Å². The molecule has 1 aliphatic heterocycles. The summed E-state index contributed by atoms with van der Waals surface area (Å²) in [4.78, 5) is 8.44. The van der Waals surface area contributed by atoms with Crippen LogP contribution in [0.15, 0.2) is 18.6 Å². The molecule has 0 saturated carbocycles. The highest BCUT2D eigenvalue weighted by Gasteiger charge is 2.20. The van der Waals surface area contributed by atoms with E-state index in [0.29, 0.717) is 6.10 Å². The third-order valence-corrected chi connectivity index (χ3v) is 3.06. The van der Waals surface area contributed by atoms with Crippen LogP contribution in [0.5, 0.6) is 0 Å². The Morgan fingerprint density at radius 2 is 2.44 bits per heavy atom. The first-order valence-electron chi connectivity index (χ1n) is 5.95. The molecule has 4 nitrogen and oxygen atoms in total. The van der Waals surface area contributed by atoms with Gasteiger partial charge in [0.25, 0.3) is 0 Å². The van der Waals surface area contributed by atoms with Crippen LogP contribution >= 0.6 is 0 Å². The van der Waals surface area contributed by atoms with Crippen molar-refractivity contribution in [3.05, 3.63) is 24.3 Å². The molecule has 2 heterocycles. The average molecular weight is 221 g/mol. The highest BCUT2D eigenvalue weighted by Crippen LogP contribution is 2.22. The number of hydrogen-bond acceptors (Lipinski definition) is 4. The van der Waals surface area contributed by atoms with Crippen LogP contribution in [0.1, 0.15) is 37.4 Å². The molecular formula is C12H19N3O. The maximum Gasteiger partial charge on any atom is 0.0756 e. The molecule has 1 N–H and O–H groups in total. The van der Waals surface area contributed by atoms with Gasteiger partial charge in [0.15, 0.2) is 0 Å². The van der Waals surface area contributed by atoms with E-state index in [1.54, 1.807) is 12.4 Å². The normalized spacial score (nSPS) is 22.9. The van der Waals surface area contributed by atoms with Crippen LogP contribution in [-0.2, 0) is 4.74 Å². The van der Waals surface area contributed by atoms with Gasteiger partial charge in [-0.25, -0.2) is 0 Å². The van der Waals surface area contributed by atoms with Crippen LogP contribution in [0, 0.1) is 0 Å². The Hall–Kier alpha value is -1.00. The third-order valence-electron chi connectivity index (χ3n) is 3.06.